The Morgan fingerprint density at radius 2 is 1.86 bits per heavy atom. The van der Waals surface area contributed by atoms with Gasteiger partial charge in [-0.1, -0.05) is 6.07 Å². The van der Waals surface area contributed by atoms with Crippen molar-refractivity contribution in [1.82, 2.24) is 14.6 Å². The minimum Gasteiger partial charge on any atom is -0.598 e. The summed E-state index contributed by atoms with van der Waals surface area (Å²) in [6.45, 7) is 14.9. The number of hydrogen-bond acceptors (Lipinski definition) is 5. The number of nitrogens with zero attached hydrogens (tertiary/aromatic N) is 2. The molecular weight excluding hydrogens is 386 g/mol. The normalized spacial score (nSPS) is 22.5. The van der Waals surface area contributed by atoms with Crippen LogP contribution < -0.4 is 4.72 Å². The molecule has 29 heavy (non-hydrogen) atoms. The summed E-state index contributed by atoms with van der Waals surface area (Å²) in [7, 11) is 0. The fourth-order valence-electron chi connectivity index (χ4n) is 4.19. The number of carbonyl (C=O) groups is 1. The van der Waals surface area contributed by atoms with Crippen LogP contribution in [0.25, 0.3) is 0 Å². The molecule has 1 fully saturated rings. The number of amides is 1. The molecule has 1 spiro atoms. The average Bonchev–Trinajstić information content (AvgIpc) is 2.85. The summed E-state index contributed by atoms with van der Waals surface area (Å²) in [6, 6.07) is 4.14. The van der Waals surface area contributed by atoms with Gasteiger partial charge in [-0.05, 0) is 79.4 Å². The standard InChI is InChI=1S/C22H35N3O3S/c1-15-8-9-16-17(23-15)14-22(18(16)24-29(27)21(5,6)7)10-12-25(13-11-22)19(26)28-20(2,3)4/h8-9,18,24H,10-14H2,1-7H3/t18-,29-/m1/s1. The number of likely N-dealkylation sites (tertiary alicyclic amines) is 1. The third-order valence-electron chi connectivity index (χ3n) is 5.78. The molecule has 2 heterocycles. The van der Waals surface area contributed by atoms with Crippen molar-refractivity contribution in [2.24, 2.45) is 5.41 Å². The van der Waals surface area contributed by atoms with Gasteiger partial charge in [0.1, 0.15) is 10.3 Å². The van der Waals surface area contributed by atoms with Crippen molar-refractivity contribution in [3.63, 3.8) is 0 Å². The molecule has 1 saturated heterocycles. The van der Waals surface area contributed by atoms with Crippen LogP contribution in [0.1, 0.15) is 77.4 Å². The summed E-state index contributed by atoms with van der Waals surface area (Å²) in [5, 5.41) is 0. The first-order valence-electron chi connectivity index (χ1n) is 10.4. The van der Waals surface area contributed by atoms with Crippen molar-refractivity contribution in [3.05, 3.63) is 29.1 Å². The summed E-state index contributed by atoms with van der Waals surface area (Å²) in [4.78, 5) is 19.1. The highest BCUT2D eigenvalue weighted by Crippen LogP contribution is 2.52. The van der Waals surface area contributed by atoms with Crippen molar-refractivity contribution in [2.45, 2.75) is 84.1 Å². The fourth-order valence-corrected chi connectivity index (χ4v) is 5.13. The molecule has 1 amide bonds. The van der Waals surface area contributed by atoms with E-state index in [0.29, 0.717) is 13.1 Å². The Kier molecular flexibility index (Phi) is 5.98. The van der Waals surface area contributed by atoms with E-state index in [1.165, 1.54) is 0 Å². The molecule has 2 aliphatic rings. The smallest absolute Gasteiger partial charge is 0.410 e. The van der Waals surface area contributed by atoms with Gasteiger partial charge in [0.05, 0.1) is 6.04 Å². The Hall–Kier alpha value is -1.31. The maximum atomic E-state index is 12.9. The van der Waals surface area contributed by atoms with Gasteiger partial charge in [-0.3, -0.25) is 4.98 Å². The van der Waals surface area contributed by atoms with Crippen molar-refractivity contribution < 1.29 is 14.1 Å². The highest BCUT2D eigenvalue weighted by Gasteiger charge is 2.51. The first-order valence-corrected chi connectivity index (χ1v) is 11.6. The molecule has 1 aliphatic carbocycles. The van der Waals surface area contributed by atoms with Crippen molar-refractivity contribution in [3.8, 4) is 0 Å². The van der Waals surface area contributed by atoms with Gasteiger partial charge in [-0.25, -0.2) is 4.79 Å². The minimum absolute atomic E-state index is 0.0218. The van der Waals surface area contributed by atoms with Crippen LogP contribution in [-0.2, 0) is 22.5 Å². The molecule has 162 valence electrons. The molecule has 7 heteroatoms. The van der Waals surface area contributed by atoms with Crippen LogP contribution in [-0.4, -0.2) is 44.0 Å². The molecular formula is C22H35N3O3S. The molecule has 2 atom stereocenters. The molecule has 0 unspecified atom stereocenters. The monoisotopic (exact) mass is 421 g/mol. The molecule has 1 aliphatic heterocycles. The highest BCUT2D eigenvalue weighted by molar-refractivity contribution is 7.90. The highest BCUT2D eigenvalue weighted by atomic mass is 32.2. The van der Waals surface area contributed by atoms with E-state index in [9.17, 15) is 9.35 Å². The number of ether oxygens (including phenoxy) is 1. The molecule has 1 aromatic rings. The zero-order valence-electron chi connectivity index (χ0n) is 18.8. The molecule has 1 aromatic heterocycles. The van der Waals surface area contributed by atoms with E-state index < -0.39 is 17.0 Å². The number of aromatic nitrogens is 1. The fraction of sp³-hybridized carbons (Fsp3) is 0.727. The Morgan fingerprint density at radius 3 is 2.41 bits per heavy atom. The second-order valence-corrected chi connectivity index (χ2v) is 12.4. The first kappa shape index (κ1) is 22.4. The molecule has 3 rings (SSSR count). The van der Waals surface area contributed by atoms with Gasteiger partial charge in [-0.2, -0.15) is 0 Å². The van der Waals surface area contributed by atoms with Gasteiger partial charge in [0, 0.05) is 41.3 Å². The van der Waals surface area contributed by atoms with Gasteiger partial charge < -0.3 is 14.2 Å². The lowest BCUT2D eigenvalue weighted by Crippen LogP contribution is -2.51. The van der Waals surface area contributed by atoms with Crippen LogP contribution in [0.15, 0.2) is 12.1 Å². The maximum Gasteiger partial charge on any atom is 0.410 e. The van der Waals surface area contributed by atoms with Crippen LogP contribution in [0.5, 0.6) is 0 Å². The Labute approximate surface area is 178 Å². The largest absolute Gasteiger partial charge is 0.598 e. The Bertz CT molecular complexity index is 762. The van der Waals surface area contributed by atoms with Crippen LogP contribution in [0.4, 0.5) is 4.79 Å². The van der Waals surface area contributed by atoms with E-state index in [4.69, 9.17) is 9.72 Å². The topological polar surface area (TPSA) is 77.5 Å². The number of carbonyl (C=O) groups excluding carboxylic acids is 1. The van der Waals surface area contributed by atoms with E-state index in [1.807, 2.05) is 54.5 Å². The third-order valence-corrected chi connectivity index (χ3v) is 7.35. The van der Waals surface area contributed by atoms with E-state index in [2.05, 4.69) is 10.8 Å². The van der Waals surface area contributed by atoms with E-state index in [-0.39, 0.29) is 22.3 Å². The molecule has 6 nitrogen and oxygen atoms in total. The molecule has 1 N–H and O–H groups in total. The zero-order chi connectivity index (χ0) is 21.6. The second-order valence-electron chi connectivity index (χ2n) is 10.4. The summed E-state index contributed by atoms with van der Waals surface area (Å²) in [5.41, 5.74) is 2.67. The number of aryl methyl sites for hydroxylation is 1. The van der Waals surface area contributed by atoms with Crippen LogP contribution >= 0.6 is 0 Å². The molecule has 0 radical (unpaired) electrons. The minimum atomic E-state index is -1.18. The average molecular weight is 422 g/mol. The molecule has 0 bridgehead atoms. The Morgan fingerprint density at radius 1 is 1.24 bits per heavy atom. The number of nitrogens with one attached hydrogen (secondary N) is 1. The van der Waals surface area contributed by atoms with Crippen molar-refractivity contribution >= 4 is 17.5 Å². The van der Waals surface area contributed by atoms with E-state index >= 15 is 0 Å². The molecule has 0 saturated carbocycles. The summed E-state index contributed by atoms with van der Waals surface area (Å²) < 4.78 is 21.6. The summed E-state index contributed by atoms with van der Waals surface area (Å²) in [6.07, 6.45) is 2.27. The van der Waals surface area contributed by atoms with Crippen LogP contribution in [0.3, 0.4) is 0 Å². The van der Waals surface area contributed by atoms with Gasteiger partial charge in [-0.15, -0.1) is 4.72 Å². The summed E-state index contributed by atoms with van der Waals surface area (Å²) >= 11 is -1.18. The SMILES string of the molecule is Cc1ccc2c(n1)CC1(CCN(C(=O)OC(C)(C)C)CC1)[C@@H]2N[S@+]([O-])C(C)(C)C. The van der Waals surface area contributed by atoms with E-state index in [1.54, 1.807) is 4.90 Å². The quantitative estimate of drug-likeness (QED) is 0.729. The van der Waals surface area contributed by atoms with Gasteiger partial charge in [0.25, 0.3) is 0 Å². The van der Waals surface area contributed by atoms with Crippen LogP contribution in [0.2, 0.25) is 0 Å². The first-order chi connectivity index (χ1) is 13.3. The number of rotatable bonds is 2. The number of hydrogen-bond donors (Lipinski definition) is 1. The van der Waals surface area contributed by atoms with Gasteiger partial charge in [0.15, 0.2) is 0 Å². The van der Waals surface area contributed by atoms with Crippen molar-refractivity contribution in [2.75, 3.05) is 13.1 Å². The number of fused-ring (bicyclic) bond motifs is 1. The predicted molar refractivity (Wildman–Crippen MR) is 116 cm³/mol. The second kappa shape index (κ2) is 7.75. The van der Waals surface area contributed by atoms with Gasteiger partial charge in [0.2, 0.25) is 0 Å². The lowest BCUT2D eigenvalue weighted by molar-refractivity contribution is 0.00711. The van der Waals surface area contributed by atoms with Crippen molar-refractivity contribution in [1.29, 1.82) is 0 Å². The van der Waals surface area contributed by atoms with E-state index in [0.717, 1.165) is 36.2 Å². The number of pyridine rings is 1. The third kappa shape index (κ3) is 4.89. The number of piperidine rings is 1. The summed E-state index contributed by atoms with van der Waals surface area (Å²) in [5.74, 6) is 0. The lowest BCUT2D eigenvalue weighted by Gasteiger charge is -2.43. The Balaban J connectivity index is 1.81. The zero-order valence-corrected chi connectivity index (χ0v) is 19.6. The van der Waals surface area contributed by atoms with Crippen LogP contribution in [0, 0.1) is 12.3 Å². The predicted octanol–water partition coefficient (Wildman–Crippen LogP) is 4.06. The molecule has 0 aromatic carbocycles. The lowest BCUT2D eigenvalue weighted by atomic mass is 9.73. The maximum absolute atomic E-state index is 12.9. The van der Waals surface area contributed by atoms with Gasteiger partial charge >= 0.3 is 6.09 Å².